The van der Waals surface area contributed by atoms with Crippen LogP contribution in [0, 0.1) is 12.8 Å². The summed E-state index contributed by atoms with van der Waals surface area (Å²) < 4.78 is 23.0. The van der Waals surface area contributed by atoms with E-state index in [1.807, 2.05) is 6.92 Å². The molecule has 1 fully saturated rings. The minimum absolute atomic E-state index is 0.199. The van der Waals surface area contributed by atoms with Crippen LogP contribution in [0.4, 0.5) is 5.82 Å². The lowest BCUT2D eigenvalue weighted by molar-refractivity contribution is 0.595. The van der Waals surface area contributed by atoms with E-state index in [0.717, 1.165) is 49.7 Å². The van der Waals surface area contributed by atoms with Crippen molar-refractivity contribution in [2.24, 2.45) is 5.92 Å². The largest absolute Gasteiger partial charge is 0.369 e. The van der Waals surface area contributed by atoms with Gasteiger partial charge in [0.15, 0.2) is 9.84 Å². The number of nitrogens with one attached hydrogen (secondary N) is 2. The van der Waals surface area contributed by atoms with Gasteiger partial charge in [-0.25, -0.2) is 18.4 Å². The molecule has 0 radical (unpaired) electrons. The summed E-state index contributed by atoms with van der Waals surface area (Å²) in [5.74, 6) is 2.49. The molecule has 2 N–H and O–H groups in total. The quantitative estimate of drug-likeness (QED) is 0.836. The van der Waals surface area contributed by atoms with Gasteiger partial charge < -0.3 is 10.6 Å². The van der Waals surface area contributed by atoms with E-state index in [1.165, 1.54) is 5.56 Å². The Labute approximate surface area is 125 Å². The summed E-state index contributed by atoms with van der Waals surface area (Å²) in [5, 5.41) is 6.75. The number of aryl methyl sites for hydroxylation is 1. The summed E-state index contributed by atoms with van der Waals surface area (Å²) in [7, 11) is -2.81. The third-order valence-electron chi connectivity index (χ3n) is 4.18. The van der Waals surface area contributed by atoms with E-state index in [4.69, 9.17) is 0 Å². The SMILES string of the molecule is Cc1nc2c(c(NCC3CCS(=O)(=O)C3)n1)CCNCC2. The Bertz CT molecular complexity index is 630. The number of fused-ring (bicyclic) bond motifs is 1. The van der Waals surface area contributed by atoms with Crippen molar-refractivity contribution in [1.82, 2.24) is 15.3 Å². The number of hydrogen-bond donors (Lipinski definition) is 2. The summed E-state index contributed by atoms with van der Waals surface area (Å²) in [6.07, 6.45) is 2.59. The lowest BCUT2D eigenvalue weighted by Gasteiger charge is -2.15. The van der Waals surface area contributed by atoms with E-state index in [0.29, 0.717) is 18.1 Å². The molecule has 3 heterocycles. The van der Waals surface area contributed by atoms with Crippen molar-refractivity contribution in [3.8, 4) is 0 Å². The number of anilines is 1. The number of sulfone groups is 1. The van der Waals surface area contributed by atoms with Crippen molar-refractivity contribution in [2.45, 2.75) is 26.2 Å². The van der Waals surface area contributed by atoms with Crippen LogP contribution >= 0.6 is 0 Å². The fraction of sp³-hybridized carbons (Fsp3) is 0.714. The Balaban J connectivity index is 1.74. The number of rotatable bonds is 3. The topological polar surface area (TPSA) is 84.0 Å². The average Bonchev–Trinajstić information content (AvgIpc) is 2.62. The van der Waals surface area contributed by atoms with Crippen molar-refractivity contribution in [3.63, 3.8) is 0 Å². The summed E-state index contributed by atoms with van der Waals surface area (Å²) in [6, 6.07) is 0. The first-order valence-electron chi connectivity index (χ1n) is 7.55. The first kappa shape index (κ1) is 14.7. The maximum absolute atomic E-state index is 11.5. The van der Waals surface area contributed by atoms with Gasteiger partial charge in [0.2, 0.25) is 0 Å². The summed E-state index contributed by atoms with van der Waals surface area (Å²) in [4.78, 5) is 9.08. The molecule has 0 bridgehead atoms. The normalized spacial score (nSPS) is 24.3. The lowest BCUT2D eigenvalue weighted by atomic mass is 10.1. The van der Waals surface area contributed by atoms with Crippen LogP contribution in [0.2, 0.25) is 0 Å². The molecule has 116 valence electrons. The van der Waals surface area contributed by atoms with Crippen LogP contribution < -0.4 is 10.6 Å². The standard InChI is InChI=1S/C14H22N4O2S/c1-10-17-13-3-6-15-5-2-12(13)14(18-10)16-8-11-4-7-21(19,20)9-11/h11,15H,2-9H2,1H3,(H,16,17,18). The van der Waals surface area contributed by atoms with Crippen LogP contribution in [0.3, 0.4) is 0 Å². The molecule has 0 aliphatic carbocycles. The molecule has 6 nitrogen and oxygen atoms in total. The molecule has 21 heavy (non-hydrogen) atoms. The summed E-state index contributed by atoms with van der Waals surface area (Å²) in [6.45, 7) is 4.47. The average molecular weight is 310 g/mol. The smallest absolute Gasteiger partial charge is 0.150 e. The van der Waals surface area contributed by atoms with Gasteiger partial charge >= 0.3 is 0 Å². The van der Waals surface area contributed by atoms with Crippen LogP contribution in [0.1, 0.15) is 23.5 Å². The Morgan fingerprint density at radius 2 is 2.10 bits per heavy atom. The van der Waals surface area contributed by atoms with E-state index in [1.54, 1.807) is 0 Å². The van der Waals surface area contributed by atoms with Crippen LogP contribution in [0.5, 0.6) is 0 Å². The highest BCUT2D eigenvalue weighted by Gasteiger charge is 2.28. The number of nitrogens with zero attached hydrogens (tertiary/aromatic N) is 2. The highest BCUT2D eigenvalue weighted by Crippen LogP contribution is 2.22. The third-order valence-corrected chi connectivity index (χ3v) is 6.02. The molecule has 1 saturated heterocycles. The molecule has 0 spiro atoms. The van der Waals surface area contributed by atoms with Crippen molar-refractivity contribution < 1.29 is 8.42 Å². The number of hydrogen-bond acceptors (Lipinski definition) is 6. The maximum atomic E-state index is 11.5. The first-order valence-corrected chi connectivity index (χ1v) is 9.37. The van der Waals surface area contributed by atoms with Gasteiger partial charge in [0.1, 0.15) is 11.6 Å². The second-order valence-corrected chi connectivity index (χ2v) is 8.17. The maximum Gasteiger partial charge on any atom is 0.150 e. The van der Waals surface area contributed by atoms with Crippen molar-refractivity contribution >= 4 is 15.7 Å². The van der Waals surface area contributed by atoms with E-state index in [2.05, 4.69) is 20.6 Å². The monoisotopic (exact) mass is 310 g/mol. The third kappa shape index (κ3) is 3.52. The minimum atomic E-state index is -2.81. The zero-order chi connectivity index (χ0) is 14.9. The molecule has 0 amide bonds. The molecule has 1 unspecified atom stereocenters. The molecule has 1 aromatic rings. The van der Waals surface area contributed by atoms with Gasteiger partial charge in [-0.05, 0) is 32.2 Å². The summed E-state index contributed by atoms with van der Waals surface area (Å²) >= 11 is 0. The van der Waals surface area contributed by atoms with Gasteiger partial charge in [-0.2, -0.15) is 0 Å². The van der Waals surface area contributed by atoms with Gasteiger partial charge in [0, 0.05) is 25.1 Å². The van der Waals surface area contributed by atoms with Gasteiger partial charge in [0.25, 0.3) is 0 Å². The highest BCUT2D eigenvalue weighted by atomic mass is 32.2. The van der Waals surface area contributed by atoms with E-state index in [9.17, 15) is 8.42 Å². The van der Waals surface area contributed by atoms with Crippen LogP contribution in [0.15, 0.2) is 0 Å². The first-order chi connectivity index (χ1) is 10.0. The van der Waals surface area contributed by atoms with Crippen molar-refractivity contribution in [3.05, 3.63) is 17.1 Å². The van der Waals surface area contributed by atoms with Crippen LogP contribution in [0.25, 0.3) is 0 Å². The molecule has 1 atom stereocenters. The molecule has 2 aliphatic heterocycles. The fourth-order valence-corrected chi connectivity index (χ4v) is 4.95. The fourth-order valence-electron chi connectivity index (χ4n) is 3.09. The Morgan fingerprint density at radius 1 is 1.29 bits per heavy atom. The molecule has 1 aromatic heterocycles. The predicted molar refractivity (Wildman–Crippen MR) is 82.3 cm³/mol. The Hall–Kier alpha value is -1.21. The zero-order valence-electron chi connectivity index (χ0n) is 12.4. The molecule has 2 aliphatic rings. The van der Waals surface area contributed by atoms with Gasteiger partial charge in [0.05, 0.1) is 17.2 Å². The second kappa shape index (κ2) is 5.88. The van der Waals surface area contributed by atoms with E-state index >= 15 is 0 Å². The molecule has 7 heteroatoms. The predicted octanol–water partition coefficient (Wildman–Crippen LogP) is 0.320. The molecular weight excluding hydrogens is 288 g/mol. The Morgan fingerprint density at radius 3 is 2.86 bits per heavy atom. The van der Waals surface area contributed by atoms with Crippen LogP contribution in [-0.2, 0) is 22.7 Å². The molecule has 0 aromatic carbocycles. The summed E-state index contributed by atoms with van der Waals surface area (Å²) in [5.41, 5.74) is 2.31. The number of aromatic nitrogens is 2. The van der Waals surface area contributed by atoms with Gasteiger partial charge in [-0.3, -0.25) is 0 Å². The van der Waals surface area contributed by atoms with Crippen molar-refractivity contribution in [1.29, 1.82) is 0 Å². The van der Waals surface area contributed by atoms with E-state index < -0.39 is 9.84 Å². The van der Waals surface area contributed by atoms with Crippen LogP contribution in [-0.4, -0.2) is 49.5 Å². The zero-order valence-corrected chi connectivity index (χ0v) is 13.2. The molecule has 0 saturated carbocycles. The lowest BCUT2D eigenvalue weighted by Crippen LogP contribution is -2.19. The molecular formula is C14H22N4O2S. The van der Waals surface area contributed by atoms with Crippen molar-refractivity contribution in [2.75, 3.05) is 36.5 Å². The van der Waals surface area contributed by atoms with E-state index in [-0.39, 0.29) is 5.92 Å². The Kier molecular flexibility index (Phi) is 4.12. The highest BCUT2D eigenvalue weighted by molar-refractivity contribution is 7.91. The van der Waals surface area contributed by atoms with Gasteiger partial charge in [-0.1, -0.05) is 0 Å². The minimum Gasteiger partial charge on any atom is -0.369 e. The second-order valence-electron chi connectivity index (χ2n) is 5.94. The van der Waals surface area contributed by atoms with Gasteiger partial charge in [-0.15, -0.1) is 0 Å². The molecule has 3 rings (SSSR count).